The lowest BCUT2D eigenvalue weighted by molar-refractivity contribution is -0.139. The lowest BCUT2D eigenvalue weighted by Gasteiger charge is -2.49. The minimum Gasteiger partial charge on any atom is -0.491 e. The molecule has 4 atom stereocenters. The Morgan fingerprint density at radius 3 is 2.31 bits per heavy atom. The van der Waals surface area contributed by atoms with Crippen molar-refractivity contribution in [1.29, 1.82) is 0 Å². The molecule has 2 aromatic heterocycles. The smallest absolute Gasteiger partial charge is 0.417 e. The molecule has 17 heteroatoms. The Bertz CT molecular complexity index is 2480. The number of hydrogen-bond donors (Lipinski definition) is 2. The van der Waals surface area contributed by atoms with Crippen molar-refractivity contribution in [1.82, 2.24) is 23.9 Å². The number of para-hydroxylation sites is 1. The molecule has 3 aromatic carbocycles. The second-order valence-electron chi connectivity index (χ2n) is 13.3. The van der Waals surface area contributed by atoms with E-state index in [9.17, 15) is 32.7 Å². The van der Waals surface area contributed by atoms with Crippen LogP contribution in [0.5, 0.6) is 5.75 Å². The van der Waals surface area contributed by atoms with Gasteiger partial charge in [0.15, 0.2) is 5.82 Å². The molecule has 3 aliphatic rings. The third-order valence-corrected chi connectivity index (χ3v) is 10.9. The van der Waals surface area contributed by atoms with Crippen molar-refractivity contribution in [2.24, 2.45) is 5.92 Å². The number of imide groups is 1. The molecular formula is C38H29Cl2F3N6O6. The first-order valence-electron chi connectivity index (χ1n) is 17.0. The fraction of sp³-hybridized carbons (Fsp3) is 0.237. The maximum atomic E-state index is 15.3. The number of aromatic nitrogens is 4. The topological polar surface area (TPSA) is 141 Å². The Labute approximate surface area is 319 Å². The summed E-state index contributed by atoms with van der Waals surface area (Å²) in [6.45, 7) is -0.235. The first kappa shape index (κ1) is 36.3. The van der Waals surface area contributed by atoms with Gasteiger partial charge in [0.25, 0.3) is 11.8 Å². The number of aliphatic hydroxyl groups is 1. The van der Waals surface area contributed by atoms with Crippen LogP contribution in [-0.4, -0.2) is 54.1 Å². The molecule has 1 saturated carbocycles. The second kappa shape index (κ2) is 13.6. The molecule has 1 aliphatic carbocycles. The molecule has 4 heterocycles. The summed E-state index contributed by atoms with van der Waals surface area (Å²) in [5.41, 5.74) is 0.384. The van der Waals surface area contributed by atoms with Crippen LogP contribution < -0.4 is 21.5 Å². The number of pyridine rings is 1. The number of nitrogens with one attached hydrogen (secondary N) is 1. The van der Waals surface area contributed by atoms with E-state index in [0.717, 1.165) is 9.58 Å². The summed E-state index contributed by atoms with van der Waals surface area (Å²) in [7, 11) is 0. The van der Waals surface area contributed by atoms with E-state index in [1.54, 1.807) is 84.9 Å². The molecule has 282 valence electrons. The summed E-state index contributed by atoms with van der Waals surface area (Å²) < 4.78 is 49.7. The molecule has 2 amide bonds. The van der Waals surface area contributed by atoms with Gasteiger partial charge in [-0.3, -0.25) is 15.0 Å². The van der Waals surface area contributed by atoms with Crippen molar-refractivity contribution in [2.75, 3.05) is 18.6 Å². The van der Waals surface area contributed by atoms with Crippen molar-refractivity contribution in [3.8, 4) is 11.4 Å². The van der Waals surface area contributed by atoms with E-state index in [1.807, 2.05) is 0 Å². The number of amides is 2. The number of hydrazine groups is 1. The van der Waals surface area contributed by atoms with Gasteiger partial charge in [0.2, 0.25) is 0 Å². The maximum absolute atomic E-state index is 15.3. The van der Waals surface area contributed by atoms with Crippen molar-refractivity contribution >= 4 is 40.8 Å². The second-order valence-corrected chi connectivity index (χ2v) is 14.1. The highest BCUT2D eigenvalue weighted by Crippen LogP contribution is 2.62. The number of carbonyl (C=O) groups is 2. The predicted octanol–water partition coefficient (Wildman–Crippen LogP) is 5.51. The average molecular weight is 794 g/mol. The summed E-state index contributed by atoms with van der Waals surface area (Å²) in [4.78, 5) is 62.0. The number of fused-ring (bicyclic) bond motifs is 4. The molecular weight excluding hydrogens is 764 g/mol. The fourth-order valence-electron chi connectivity index (χ4n) is 8.14. The standard InChI is InChI=1S/C38H29Cl2F3N6O6/c39-24-10-8-22(9-11-24)37-28(33(51)48(34(37)52)45-32-29(40)18-23(20-44-32)38(41,42)43)19-30-27(31(37)21-6-12-26(13-7-21)55-17-16-50)14-15-46-35(53)47(36(54)49(30)46)25-4-2-1-3-5-25/h1-14,18,20,28,30-31,50H,15-17,19H2,(H,44,45). The van der Waals surface area contributed by atoms with Crippen molar-refractivity contribution in [3.63, 3.8) is 0 Å². The molecule has 0 bridgehead atoms. The summed E-state index contributed by atoms with van der Waals surface area (Å²) >= 11 is 12.6. The van der Waals surface area contributed by atoms with Gasteiger partial charge in [0.05, 0.1) is 46.8 Å². The fourth-order valence-corrected chi connectivity index (χ4v) is 8.47. The quantitative estimate of drug-likeness (QED) is 0.155. The van der Waals surface area contributed by atoms with Crippen LogP contribution in [0.15, 0.2) is 112 Å². The van der Waals surface area contributed by atoms with Gasteiger partial charge in [-0.25, -0.2) is 28.5 Å². The Kier molecular flexibility index (Phi) is 8.98. The highest BCUT2D eigenvalue weighted by molar-refractivity contribution is 6.33. The lowest BCUT2D eigenvalue weighted by Crippen LogP contribution is -2.53. The number of aliphatic hydroxyl groups excluding tert-OH is 1. The number of alkyl halides is 3. The number of rotatable bonds is 8. The van der Waals surface area contributed by atoms with Gasteiger partial charge < -0.3 is 9.84 Å². The van der Waals surface area contributed by atoms with E-state index in [1.165, 1.54) is 9.36 Å². The third kappa shape index (κ3) is 5.76. The number of ether oxygens (including phenoxy) is 1. The van der Waals surface area contributed by atoms with Crippen molar-refractivity contribution in [3.05, 3.63) is 150 Å². The van der Waals surface area contributed by atoms with Crippen LogP contribution in [0.1, 0.15) is 35.1 Å². The van der Waals surface area contributed by atoms with Crippen LogP contribution >= 0.6 is 23.2 Å². The molecule has 2 aliphatic heterocycles. The average Bonchev–Trinajstić information content (AvgIpc) is 3.55. The Hall–Kier alpha value is -5.64. The predicted molar refractivity (Wildman–Crippen MR) is 194 cm³/mol. The summed E-state index contributed by atoms with van der Waals surface area (Å²) in [5.74, 6) is -3.65. The van der Waals surface area contributed by atoms with Gasteiger partial charge in [-0.05, 0) is 65.6 Å². The summed E-state index contributed by atoms with van der Waals surface area (Å²) in [6, 6.07) is 21.3. The molecule has 4 unspecified atom stereocenters. The zero-order chi connectivity index (χ0) is 38.8. The maximum Gasteiger partial charge on any atom is 0.417 e. The van der Waals surface area contributed by atoms with E-state index in [-0.39, 0.29) is 32.0 Å². The number of allylic oxidation sites excluding steroid dienone is 2. The number of anilines is 1. The van der Waals surface area contributed by atoms with Gasteiger partial charge in [-0.15, -0.1) is 0 Å². The summed E-state index contributed by atoms with van der Waals surface area (Å²) in [6.07, 6.45) is -2.56. The van der Waals surface area contributed by atoms with Crippen molar-refractivity contribution < 1.29 is 32.6 Å². The van der Waals surface area contributed by atoms with Gasteiger partial charge in [0, 0.05) is 17.1 Å². The van der Waals surface area contributed by atoms with E-state index in [2.05, 4.69) is 10.4 Å². The molecule has 8 rings (SSSR count). The van der Waals surface area contributed by atoms with E-state index in [4.69, 9.17) is 27.9 Å². The molecule has 1 saturated heterocycles. The molecule has 55 heavy (non-hydrogen) atoms. The molecule has 12 nitrogen and oxygen atoms in total. The monoisotopic (exact) mass is 792 g/mol. The number of carbonyl (C=O) groups excluding carboxylic acids is 2. The SMILES string of the molecule is O=C1C2CC3C(=CCn4c(=O)n(-c5ccccc5)c(=O)n43)C(c3ccc(OCCO)cc3)C2(c2ccc(Cl)cc2)C(=O)N1Nc1ncc(C(F)(F)F)cc1Cl. The molecule has 2 N–H and O–H groups in total. The Morgan fingerprint density at radius 2 is 1.65 bits per heavy atom. The van der Waals surface area contributed by atoms with E-state index in [0.29, 0.717) is 45.4 Å². The largest absolute Gasteiger partial charge is 0.491 e. The van der Waals surface area contributed by atoms with E-state index < -0.39 is 63.2 Å². The van der Waals surface area contributed by atoms with Gasteiger partial charge >= 0.3 is 17.6 Å². The minimum absolute atomic E-state index is 0.0276. The van der Waals surface area contributed by atoms with Crippen LogP contribution in [0.3, 0.4) is 0 Å². The zero-order valence-electron chi connectivity index (χ0n) is 28.4. The Morgan fingerprint density at radius 1 is 0.945 bits per heavy atom. The normalized spacial score (nSPS) is 21.8. The van der Waals surface area contributed by atoms with Crippen molar-refractivity contribution in [2.45, 2.75) is 36.5 Å². The molecule has 5 aromatic rings. The first-order chi connectivity index (χ1) is 26.4. The molecule has 2 fully saturated rings. The van der Waals surface area contributed by atoms with Gasteiger partial charge in [-0.2, -0.15) is 18.2 Å². The third-order valence-electron chi connectivity index (χ3n) is 10.4. The van der Waals surface area contributed by atoms with Gasteiger partial charge in [0.1, 0.15) is 12.4 Å². The highest BCUT2D eigenvalue weighted by atomic mass is 35.5. The molecule has 0 spiro atoms. The van der Waals surface area contributed by atoms with Crippen LogP contribution in [0.2, 0.25) is 10.0 Å². The lowest BCUT2D eigenvalue weighted by atomic mass is 9.53. The van der Waals surface area contributed by atoms with Crippen LogP contribution in [-0.2, 0) is 27.7 Å². The first-order valence-corrected chi connectivity index (χ1v) is 17.8. The van der Waals surface area contributed by atoms with E-state index >= 15 is 4.79 Å². The van der Waals surface area contributed by atoms with Crippen LogP contribution in [0.25, 0.3) is 5.69 Å². The van der Waals surface area contributed by atoms with Crippen LogP contribution in [0, 0.1) is 5.92 Å². The molecule has 0 radical (unpaired) electrons. The van der Waals surface area contributed by atoms with Gasteiger partial charge in [-0.1, -0.05) is 71.7 Å². The minimum atomic E-state index is -4.75. The van der Waals surface area contributed by atoms with Crippen LogP contribution in [0.4, 0.5) is 19.0 Å². The summed E-state index contributed by atoms with van der Waals surface area (Å²) in [5, 5.41) is 9.89. The zero-order valence-corrected chi connectivity index (χ0v) is 29.9. The number of hydrogen-bond acceptors (Lipinski definition) is 8. The highest BCUT2D eigenvalue weighted by Gasteiger charge is 2.69. The number of halogens is 5. The number of nitrogens with zero attached hydrogens (tertiary/aromatic N) is 5. The Balaban J connectivity index is 1.34. The number of benzene rings is 3.